The number of aliphatic carboxylic acids is 3. The Morgan fingerprint density at radius 3 is 0.619 bits per heavy atom. The monoisotopic (exact) mass is 601 g/mol. The Labute approximate surface area is 260 Å². The van der Waals surface area contributed by atoms with Gasteiger partial charge in [0.2, 0.25) is 0 Å². The van der Waals surface area contributed by atoms with Crippen LogP contribution < -0.4 is 0 Å². The summed E-state index contributed by atoms with van der Waals surface area (Å²) < 4.78 is 0. The van der Waals surface area contributed by atoms with Crippen molar-refractivity contribution >= 4 is 17.9 Å². The average molecular weight is 601 g/mol. The molecule has 0 amide bonds. The molecule has 0 bridgehead atoms. The predicted octanol–water partition coefficient (Wildman–Crippen LogP) is 12.0. The van der Waals surface area contributed by atoms with Crippen molar-refractivity contribution in [1.82, 2.24) is 0 Å². The number of hydrogen-bond acceptors (Lipinski definition) is 3. The Balaban J connectivity index is -0.000000644. The maximum atomic E-state index is 10.3. The lowest BCUT2D eigenvalue weighted by Crippen LogP contribution is -1.93. The fraction of sp³-hybridized carbons (Fsp3) is 0.917. The lowest BCUT2D eigenvalue weighted by atomic mass is 10.0. The van der Waals surface area contributed by atoms with Crippen LogP contribution in [0.3, 0.4) is 0 Å². The zero-order chi connectivity index (χ0) is 31.9. The topological polar surface area (TPSA) is 112 Å². The van der Waals surface area contributed by atoms with Crippen LogP contribution in [0, 0.1) is 0 Å². The first-order valence-corrected chi connectivity index (χ1v) is 17.9. The van der Waals surface area contributed by atoms with Crippen molar-refractivity contribution < 1.29 is 29.7 Å². The molecule has 42 heavy (non-hydrogen) atoms. The molecule has 252 valence electrons. The summed E-state index contributed by atoms with van der Waals surface area (Å²) in [6.07, 6.45) is 37.5. The number of carboxylic acids is 3. The van der Waals surface area contributed by atoms with E-state index in [1.807, 2.05) is 0 Å². The van der Waals surface area contributed by atoms with Crippen molar-refractivity contribution in [3.8, 4) is 0 Å². The lowest BCUT2D eigenvalue weighted by molar-refractivity contribution is -0.138. The molecule has 0 rings (SSSR count). The van der Waals surface area contributed by atoms with Gasteiger partial charge in [-0.05, 0) is 12.8 Å². The molecule has 6 nitrogen and oxygen atoms in total. The van der Waals surface area contributed by atoms with Crippen LogP contribution in [0.5, 0.6) is 0 Å². The molecule has 0 aromatic carbocycles. The van der Waals surface area contributed by atoms with E-state index < -0.39 is 17.9 Å². The summed E-state index contributed by atoms with van der Waals surface area (Å²) in [6, 6.07) is 0. The van der Waals surface area contributed by atoms with Crippen molar-refractivity contribution in [2.75, 3.05) is 0 Å². The molecule has 0 radical (unpaired) electrons. The van der Waals surface area contributed by atoms with Gasteiger partial charge >= 0.3 is 11.9 Å². The van der Waals surface area contributed by atoms with Crippen LogP contribution in [0.1, 0.15) is 213 Å². The number of hydrogen-bond donors (Lipinski definition) is 3. The van der Waals surface area contributed by atoms with Gasteiger partial charge in [-0.3, -0.25) is 14.4 Å². The van der Waals surface area contributed by atoms with Gasteiger partial charge in [-0.25, -0.2) is 0 Å². The van der Waals surface area contributed by atoms with Crippen molar-refractivity contribution in [2.24, 2.45) is 0 Å². The normalized spacial score (nSPS) is 10.4. The first kappa shape index (κ1) is 44.8. The zero-order valence-corrected chi connectivity index (χ0v) is 28.3. The molecular formula is C36H72O6. The molecule has 0 aliphatic heterocycles. The molecule has 6 heteroatoms. The summed E-state index contributed by atoms with van der Waals surface area (Å²) >= 11 is 0. The van der Waals surface area contributed by atoms with Crippen LogP contribution in [-0.2, 0) is 14.4 Å². The summed E-state index contributed by atoms with van der Waals surface area (Å²) in [5.41, 5.74) is 0. The minimum absolute atomic E-state index is 0.345. The molecule has 3 N–H and O–H groups in total. The maximum Gasteiger partial charge on any atom is 0.303 e. The summed E-state index contributed by atoms with van der Waals surface area (Å²) in [5, 5.41) is 24.4. The highest BCUT2D eigenvalue weighted by Crippen LogP contribution is 2.14. The fourth-order valence-electron chi connectivity index (χ4n) is 4.94. The molecule has 0 unspecified atom stereocenters. The Kier molecular flexibility index (Phi) is 44.4. The smallest absolute Gasteiger partial charge is 0.303 e. The third kappa shape index (κ3) is 58.1. The molecule has 0 fully saturated rings. The second-order valence-corrected chi connectivity index (χ2v) is 12.0. The highest BCUT2D eigenvalue weighted by molar-refractivity contribution is 5.66. The quantitative estimate of drug-likeness (QED) is 0.0707. The van der Waals surface area contributed by atoms with Crippen molar-refractivity contribution in [1.29, 1.82) is 0 Å². The SMILES string of the molecule is CC(=O)O.CCCCCCCCCCCCCCCC(=O)O.CCCCCCCCCCCCCCCCCC(=O)O. The summed E-state index contributed by atoms with van der Waals surface area (Å²) in [7, 11) is 0. The van der Waals surface area contributed by atoms with Crippen LogP contribution in [0.2, 0.25) is 0 Å². The molecular weight excluding hydrogens is 528 g/mol. The molecule has 0 aliphatic rings. The van der Waals surface area contributed by atoms with Crippen molar-refractivity contribution in [3.05, 3.63) is 0 Å². The number of rotatable bonds is 30. The fourth-order valence-corrected chi connectivity index (χ4v) is 4.94. The average Bonchev–Trinajstić information content (AvgIpc) is 2.93. The molecule has 0 saturated carbocycles. The van der Waals surface area contributed by atoms with Crippen LogP contribution >= 0.6 is 0 Å². The van der Waals surface area contributed by atoms with Crippen LogP contribution in [0.25, 0.3) is 0 Å². The summed E-state index contributed by atoms with van der Waals surface area (Å²) in [5.74, 6) is -2.14. The van der Waals surface area contributed by atoms with E-state index in [0.717, 1.165) is 32.6 Å². The van der Waals surface area contributed by atoms with Gasteiger partial charge in [-0.1, -0.05) is 181 Å². The molecule has 0 atom stereocenters. The van der Waals surface area contributed by atoms with Crippen LogP contribution in [0.4, 0.5) is 0 Å². The van der Waals surface area contributed by atoms with Crippen LogP contribution in [0.15, 0.2) is 0 Å². The number of carboxylic acid groups (broad SMARTS) is 3. The second kappa shape index (κ2) is 41.5. The standard InChI is InChI=1S/C18H36O2.C16H32O2.C2H4O2/c1-2-3-4-5-6-7-8-9-10-11-12-13-14-15-16-17-18(19)20;1-2-3-4-5-6-7-8-9-10-11-12-13-14-15-16(17)18;1-2(3)4/h2-17H2,1H3,(H,19,20);2-15H2,1H3,(H,17,18);1H3,(H,3,4). The van der Waals surface area contributed by atoms with Gasteiger partial charge in [0.1, 0.15) is 0 Å². The van der Waals surface area contributed by atoms with E-state index in [2.05, 4.69) is 13.8 Å². The molecule has 0 aromatic heterocycles. The molecule has 0 aromatic rings. The summed E-state index contributed by atoms with van der Waals surface area (Å²) in [4.78, 5) is 29.6. The highest BCUT2D eigenvalue weighted by atomic mass is 16.4. The number of carbonyl (C=O) groups is 3. The first-order valence-electron chi connectivity index (χ1n) is 17.9. The van der Waals surface area contributed by atoms with Crippen LogP contribution in [-0.4, -0.2) is 33.2 Å². The van der Waals surface area contributed by atoms with E-state index in [1.54, 1.807) is 0 Å². The van der Waals surface area contributed by atoms with Crippen molar-refractivity contribution in [2.45, 2.75) is 213 Å². The van der Waals surface area contributed by atoms with E-state index >= 15 is 0 Å². The van der Waals surface area contributed by atoms with Gasteiger partial charge in [0.25, 0.3) is 5.97 Å². The molecule has 0 saturated heterocycles. The van der Waals surface area contributed by atoms with Crippen molar-refractivity contribution in [3.63, 3.8) is 0 Å². The van der Waals surface area contributed by atoms with Gasteiger partial charge < -0.3 is 15.3 Å². The van der Waals surface area contributed by atoms with Gasteiger partial charge in [-0.15, -0.1) is 0 Å². The Morgan fingerprint density at radius 2 is 0.476 bits per heavy atom. The largest absolute Gasteiger partial charge is 0.481 e. The number of unbranched alkanes of at least 4 members (excludes halogenated alkanes) is 26. The van der Waals surface area contributed by atoms with Gasteiger partial charge in [0, 0.05) is 19.8 Å². The van der Waals surface area contributed by atoms with E-state index in [0.29, 0.717) is 12.8 Å². The van der Waals surface area contributed by atoms with Gasteiger partial charge in [-0.2, -0.15) is 0 Å². The minimum Gasteiger partial charge on any atom is -0.481 e. The lowest BCUT2D eigenvalue weighted by Gasteiger charge is -2.03. The zero-order valence-electron chi connectivity index (χ0n) is 28.3. The predicted molar refractivity (Wildman–Crippen MR) is 178 cm³/mol. The third-order valence-corrected chi connectivity index (χ3v) is 7.49. The van der Waals surface area contributed by atoms with E-state index in [1.165, 1.54) is 154 Å². The van der Waals surface area contributed by atoms with E-state index in [9.17, 15) is 9.59 Å². The van der Waals surface area contributed by atoms with E-state index in [4.69, 9.17) is 20.1 Å². The summed E-state index contributed by atoms with van der Waals surface area (Å²) in [6.45, 7) is 5.61. The molecule has 0 spiro atoms. The van der Waals surface area contributed by atoms with Gasteiger partial charge in [0.15, 0.2) is 0 Å². The Morgan fingerprint density at radius 1 is 0.333 bits per heavy atom. The first-order chi connectivity index (χ1) is 20.3. The second-order valence-electron chi connectivity index (χ2n) is 12.0. The highest BCUT2D eigenvalue weighted by Gasteiger charge is 1.98. The van der Waals surface area contributed by atoms with E-state index in [-0.39, 0.29) is 0 Å². The Hall–Kier alpha value is -1.59. The maximum absolute atomic E-state index is 10.3. The molecule has 0 heterocycles. The third-order valence-electron chi connectivity index (χ3n) is 7.49. The molecule has 0 aliphatic carbocycles. The minimum atomic E-state index is -0.833. The Bertz CT molecular complexity index is 545. The van der Waals surface area contributed by atoms with Gasteiger partial charge in [0.05, 0.1) is 0 Å².